The normalized spacial score (nSPS) is 19.4. The number of hydrogen-bond donors (Lipinski definition) is 0. The van der Waals surface area contributed by atoms with E-state index < -0.39 is 259 Å². The van der Waals surface area contributed by atoms with Crippen LogP contribution in [-0.2, 0) is 0 Å². The first kappa shape index (κ1) is 11.9. The van der Waals surface area contributed by atoms with Gasteiger partial charge in [-0.25, -0.2) is 15.0 Å². The molecule has 5 nitrogen and oxygen atoms in total. The molecule has 0 aliphatic heterocycles. The van der Waals surface area contributed by atoms with Gasteiger partial charge in [0.05, 0.1) is 49.4 Å². The molecule has 10 rings (SSSR count). The monoisotopic (exact) mass is 668 g/mol. The number of furan rings is 1. The average Bonchev–Trinajstić information content (AvgIpc) is 3.86. The topological polar surface area (TPSA) is 56.7 Å². The Morgan fingerprint density at radius 3 is 1.64 bits per heavy atom. The summed E-state index contributed by atoms with van der Waals surface area (Å²) >= 11 is 0. The highest BCUT2D eigenvalue weighted by atomic mass is 16.3. The van der Waals surface area contributed by atoms with Crippen LogP contribution in [0, 0.1) is 0 Å². The largest absolute Gasteiger partial charge is 0.456 e. The van der Waals surface area contributed by atoms with Crippen LogP contribution in [0.4, 0.5) is 0 Å². The minimum atomic E-state index is -1.10. The molecule has 0 radical (unpaired) electrons. The summed E-state index contributed by atoms with van der Waals surface area (Å²) in [6.45, 7) is 0. The van der Waals surface area contributed by atoms with Crippen molar-refractivity contribution >= 4 is 43.7 Å². The number of fused-ring (bicyclic) bond motifs is 6. The predicted octanol–water partition coefficient (Wildman–Crippen LogP) is 11.5. The predicted molar refractivity (Wildman–Crippen MR) is 203 cm³/mol. The van der Waals surface area contributed by atoms with E-state index in [1.807, 2.05) is 0 Å². The molecule has 0 saturated carbocycles. The molecule has 0 spiro atoms. The summed E-state index contributed by atoms with van der Waals surface area (Å²) in [5.41, 5.74) is -7.40. The van der Waals surface area contributed by atoms with Crippen molar-refractivity contribution in [1.82, 2.24) is 19.5 Å². The molecule has 0 aliphatic rings. The number of nitrogens with zero attached hydrogens (tertiary/aromatic N) is 4. The summed E-state index contributed by atoms with van der Waals surface area (Å²) in [5.74, 6) is -2.65. The van der Waals surface area contributed by atoms with Crippen LogP contribution >= 0.6 is 0 Å². The SMILES string of the molecule is [2H]c1c([2H])c([2H])c(-c2nc(-c3c([2H])c([2H])c([2H])c(-c4c([2H])c([2H])c([2H])c(-n5c6c([2H])c([2H])c([2H])c([2H])c6c6c([2H])c([2H])c([2H])c([2H])c65)c4[2H])c3[2H])nc(-c3c([2H])c([2H])c4c(oc5c([2H])c([2H])c([2H])c([2H])c54)c3[2H])n2)c([2H])c1[2H]. The molecule has 234 valence electrons. The van der Waals surface area contributed by atoms with Crippen molar-refractivity contribution in [3.8, 4) is 51.0 Å². The molecule has 0 saturated heterocycles. The van der Waals surface area contributed by atoms with Gasteiger partial charge in [0, 0.05) is 43.9 Å². The minimum Gasteiger partial charge on any atom is -0.456 e. The van der Waals surface area contributed by atoms with Crippen LogP contribution in [0.2, 0.25) is 0 Å². The maximum absolute atomic E-state index is 9.70. The van der Waals surface area contributed by atoms with Crippen molar-refractivity contribution in [2.75, 3.05) is 0 Å². The zero-order chi connectivity index (χ0) is 57.4. The first-order valence-corrected chi connectivity index (χ1v) is 14.4. The molecule has 0 amide bonds. The van der Waals surface area contributed by atoms with E-state index >= 15 is 0 Å². The summed E-state index contributed by atoms with van der Waals surface area (Å²) in [5, 5.41) is -1.74. The van der Waals surface area contributed by atoms with Crippen molar-refractivity contribution in [3.63, 3.8) is 0 Å². The Kier molecular flexibility index (Phi) is 2.72. The molecule has 3 aromatic heterocycles. The number of hydrogen-bond acceptors (Lipinski definition) is 4. The minimum absolute atomic E-state index is 0.360. The maximum Gasteiger partial charge on any atom is 0.164 e. The van der Waals surface area contributed by atoms with Crippen LogP contribution in [0.25, 0.3) is 94.7 Å². The number of para-hydroxylation sites is 3. The molecule has 10 aromatic rings. The van der Waals surface area contributed by atoms with Gasteiger partial charge in [0.1, 0.15) is 11.2 Å². The zero-order valence-electron chi connectivity index (χ0n) is 52.7. The first-order chi connectivity index (χ1) is 36.4. The lowest BCUT2D eigenvalue weighted by atomic mass is 10.0. The number of rotatable bonds is 5. The zero-order valence-corrected chi connectivity index (χ0v) is 24.7. The van der Waals surface area contributed by atoms with E-state index in [9.17, 15) is 5.48 Å². The van der Waals surface area contributed by atoms with E-state index in [-0.39, 0.29) is 5.39 Å². The Labute approximate surface area is 327 Å². The molecule has 0 atom stereocenters. The summed E-state index contributed by atoms with van der Waals surface area (Å²) in [7, 11) is 0. The Morgan fingerprint density at radius 1 is 0.380 bits per heavy atom. The average molecular weight is 669 g/mol. The van der Waals surface area contributed by atoms with Gasteiger partial charge in [-0.2, -0.15) is 0 Å². The Bertz CT molecular complexity index is 4390. The smallest absolute Gasteiger partial charge is 0.164 e. The Hall–Kier alpha value is -6.85. The van der Waals surface area contributed by atoms with E-state index in [1.54, 1.807) is 0 Å². The summed E-state index contributed by atoms with van der Waals surface area (Å²) in [4.78, 5) is 12.9. The maximum atomic E-state index is 9.70. The molecule has 0 bridgehead atoms. The third-order valence-corrected chi connectivity index (χ3v) is 7.43. The molecule has 5 heteroatoms. The van der Waals surface area contributed by atoms with E-state index in [4.69, 9.17) is 37.3 Å². The van der Waals surface area contributed by atoms with E-state index in [0.717, 1.165) is 4.57 Å². The van der Waals surface area contributed by atoms with Crippen molar-refractivity contribution in [3.05, 3.63) is 169 Å². The van der Waals surface area contributed by atoms with Gasteiger partial charge in [0.2, 0.25) is 0 Å². The fourth-order valence-corrected chi connectivity index (χ4v) is 5.28. The van der Waals surface area contributed by atoms with Gasteiger partial charge in [0.25, 0.3) is 0 Å². The van der Waals surface area contributed by atoms with Crippen LogP contribution in [0.1, 0.15) is 38.4 Å². The van der Waals surface area contributed by atoms with Crippen LogP contribution < -0.4 is 0 Å². The van der Waals surface area contributed by atoms with Gasteiger partial charge in [0.15, 0.2) is 17.5 Å². The first-order valence-electron chi connectivity index (χ1n) is 28.4. The molecule has 0 aliphatic carbocycles. The Morgan fingerprint density at radius 2 is 0.900 bits per heavy atom. The Balaban J connectivity index is 1.34. The molecule has 7 aromatic carbocycles. The summed E-state index contributed by atoms with van der Waals surface area (Å²) < 4.78 is 254. The fraction of sp³-hybridized carbons (Fsp3) is 0. The van der Waals surface area contributed by atoms with Gasteiger partial charge in [-0.3, -0.25) is 0 Å². The van der Waals surface area contributed by atoms with E-state index in [0.29, 0.717) is 0 Å². The summed E-state index contributed by atoms with van der Waals surface area (Å²) in [6, 6.07) is -25.2. The molecule has 0 N–H and O–H groups in total. The van der Waals surface area contributed by atoms with Gasteiger partial charge in [-0.05, 0) is 59.5 Å². The van der Waals surface area contributed by atoms with E-state index in [2.05, 4.69) is 15.0 Å². The van der Waals surface area contributed by atoms with Gasteiger partial charge in [-0.15, -0.1) is 0 Å². The molecule has 0 fully saturated rings. The molecular weight excluding hydrogens is 613 g/mol. The van der Waals surface area contributed by atoms with Crippen molar-refractivity contribution in [1.29, 1.82) is 0 Å². The lowest BCUT2D eigenvalue weighted by molar-refractivity contribution is 0.669. The molecular formula is C45H28N4O. The van der Waals surface area contributed by atoms with Gasteiger partial charge >= 0.3 is 0 Å². The highest BCUT2D eigenvalue weighted by Gasteiger charge is 2.16. The van der Waals surface area contributed by atoms with Gasteiger partial charge < -0.3 is 8.98 Å². The van der Waals surface area contributed by atoms with Crippen LogP contribution in [0.3, 0.4) is 0 Å². The second-order valence-corrected chi connectivity index (χ2v) is 10.3. The van der Waals surface area contributed by atoms with Crippen LogP contribution in [0.5, 0.6) is 0 Å². The summed E-state index contributed by atoms with van der Waals surface area (Å²) in [6.07, 6.45) is 0. The van der Waals surface area contributed by atoms with Crippen LogP contribution in [0.15, 0.2) is 174 Å². The van der Waals surface area contributed by atoms with Gasteiger partial charge in [-0.1, -0.05) is 121 Å². The van der Waals surface area contributed by atoms with E-state index in [1.165, 1.54) is 0 Å². The highest BCUT2D eigenvalue weighted by Crippen LogP contribution is 2.35. The number of benzene rings is 7. The van der Waals surface area contributed by atoms with Crippen molar-refractivity contribution < 1.29 is 42.8 Å². The second-order valence-electron chi connectivity index (χ2n) is 10.3. The third kappa shape index (κ3) is 4.67. The van der Waals surface area contributed by atoms with Crippen molar-refractivity contribution in [2.45, 2.75) is 0 Å². The van der Waals surface area contributed by atoms with Crippen molar-refractivity contribution in [2.24, 2.45) is 0 Å². The fourth-order valence-electron chi connectivity index (χ4n) is 5.28. The second kappa shape index (κ2) is 11.4. The third-order valence-electron chi connectivity index (χ3n) is 7.43. The lowest BCUT2D eigenvalue weighted by Crippen LogP contribution is -2.00. The standard InChI is InChI=1S/C45H28N4O/c1-2-12-29(13-3-1)43-46-44(48-45(47-43)33-24-25-38-37-20-6-9-23-41(37)50-42(38)28-33)32-16-10-14-30(26-32)31-15-11-17-34(27-31)49-39-21-7-4-18-35(39)36-19-5-8-22-40(36)49/h1-28H/i1D,2D,3D,4D,5D,6D,7D,8D,9D,10D,11D,12D,13D,14D,15D,16D,17D,18D,19D,20D,21D,22D,23D,24D,25D,26D,27D,28D. The number of aromatic nitrogens is 4. The van der Waals surface area contributed by atoms with Crippen LogP contribution in [-0.4, -0.2) is 19.5 Å². The molecule has 0 unspecified atom stereocenters. The lowest BCUT2D eigenvalue weighted by Gasteiger charge is -2.12. The quantitative estimate of drug-likeness (QED) is 0.183. The molecule has 50 heavy (non-hydrogen) atoms. The highest BCUT2D eigenvalue weighted by molar-refractivity contribution is 6.09. The molecule has 3 heterocycles.